The van der Waals surface area contributed by atoms with Gasteiger partial charge in [0, 0.05) is 0 Å². The fraction of sp³-hybridized carbons (Fsp3) is 0.188. The van der Waals surface area contributed by atoms with Gasteiger partial charge in [-0.15, -0.1) is 0 Å². The molecule has 0 saturated carbocycles. The van der Waals surface area contributed by atoms with Crippen LogP contribution in [0.4, 0.5) is 0 Å². The second-order valence-corrected chi connectivity index (χ2v) is 4.83. The molecule has 1 heterocycles. The molecular formula is C16H16N2O2. The van der Waals surface area contributed by atoms with Crippen molar-refractivity contribution in [2.24, 2.45) is 0 Å². The Morgan fingerprint density at radius 1 is 1.10 bits per heavy atom. The Morgan fingerprint density at radius 2 is 1.90 bits per heavy atom. The van der Waals surface area contributed by atoms with E-state index in [2.05, 4.69) is 34.1 Å². The van der Waals surface area contributed by atoms with Crippen LogP contribution in [0.25, 0.3) is 11.0 Å². The van der Waals surface area contributed by atoms with E-state index in [9.17, 15) is 0 Å². The third-order valence-corrected chi connectivity index (χ3v) is 3.44. The van der Waals surface area contributed by atoms with Crippen molar-refractivity contribution in [3.63, 3.8) is 0 Å². The minimum Gasteiger partial charge on any atom is -0.301 e. The second kappa shape index (κ2) is 5.45. The molecule has 102 valence electrons. The molecular weight excluding hydrogens is 252 g/mol. The van der Waals surface area contributed by atoms with Gasteiger partial charge in [-0.25, -0.2) is 15.1 Å². The molecule has 3 aromatic rings. The summed E-state index contributed by atoms with van der Waals surface area (Å²) in [5.74, 6) is 0.825. The molecule has 3 rings (SSSR count). The number of hydrogen-bond donors (Lipinski definition) is 1. The molecule has 0 saturated heterocycles. The van der Waals surface area contributed by atoms with Gasteiger partial charge in [0.05, 0.1) is 11.0 Å². The van der Waals surface area contributed by atoms with Crippen LogP contribution in [0.5, 0.6) is 0 Å². The molecule has 0 unspecified atom stereocenters. The third kappa shape index (κ3) is 2.43. The molecule has 0 radical (unpaired) electrons. The maximum Gasteiger partial charge on any atom is 0.159 e. The zero-order valence-electron chi connectivity index (χ0n) is 11.3. The van der Waals surface area contributed by atoms with Gasteiger partial charge >= 0.3 is 0 Å². The fourth-order valence-electron chi connectivity index (χ4n) is 2.46. The molecule has 4 heteroatoms. The first-order chi connectivity index (χ1) is 9.78. The maximum atomic E-state index is 8.62. The molecule has 4 nitrogen and oxygen atoms in total. The van der Waals surface area contributed by atoms with Gasteiger partial charge in [-0.3, -0.25) is 0 Å². The second-order valence-electron chi connectivity index (χ2n) is 4.83. The van der Waals surface area contributed by atoms with E-state index in [0.29, 0.717) is 0 Å². The van der Waals surface area contributed by atoms with E-state index < -0.39 is 0 Å². The molecule has 20 heavy (non-hydrogen) atoms. The van der Waals surface area contributed by atoms with E-state index in [0.717, 1.165) is 23.3 Å². The first-order valence-corrected chi connectivity index (χ1v) is 6.54. The topological polar surface area (TPSA) is 47.3 Å². The van der Waals surface area contributed by atoms with E-state index >= 15 is 0 Å². The number of hydrogen-bond acceptors (Lipinski definition) is 3. The molecule has 1 N–H and O–H groups in total. The molecule has 1 aromatic heterocycles. The number of aromatic nitrogens is 2. The first-order valence-electron chi connectivity index (χ1n) is 6.54. The normalized spacial score (nSPS) is 11.1. The Bertz CT molecular complexity index is 720. The number of fused-ring (bicyclic) bond motifs is 1. The zero-order valence-corrected chi connectivity index (χ0v) is 11.3. The fourth-order valence-corrected chi connectivity index (χ4v) is 2.46. The first kappa shape index (κ1) is 12.8. The van der Waals surface area contributed by atoms with Gasteiger partial charge in [0.1, 0.15) is 5.82 Å². The predicted molar refractivity (Wildman–Crippen MR) is 77.4 cm³/mol. The number of aryl methyl sites for hydroxylation is 1. The number of nitrogens with zero attached hydrogens (tertiary/aromatic N) is 2. The van der Waals surface area contributed by atoms with Gasteiger partial charge in [-0.05, 0) is 36.6 Å². The van der Waals surface area contributed by atoms with E-state index in [1.807, 2.05) is 35.8 Å². The largest absolute Gasteiger partial charge is 0.301 e. The van der Waals surface area contributed by atoms with Crippen molar-refractivity contribution >= 4 is 11.0 Å². The van der Waals surface area contributed by atoms with Crippen molar-refractivity contribution < 1.29 is 10.1 Å². The van der Waals surface area contributed by atoms with Crippen LogP contribution in [0.1, 0.15) is 17.0 Å². The van der Waals surface area contributed by atoms with Gasteiger partial charge in [0.2, 0.25) is 0 Å². The van der Waals surface area contributed by atoms with Crippen LogP contribution in [0.15, 0.2) is 48.5 Å². The van der Waals surface area contributed by atoms with Gasteiger partial charge in [0.15, 0.2) is 6.73 Å². The summed E-state index contributed by atoms with van der Waals surface area (Å²) in [5.41, 5.74) is 4.39. The lowest BCUT2D eigenvalue weighted by molar-refractivity contribution is -0.268. The Kier molecular flexibility index (Phi) is 3.50. The van der Waals surface area contributed by atoms with Crippen LogP contribution >= 0.6 is 0 Å². The van der Waals surface area contributed by atoms with Crippen molar-refractivity contribution in [1.29, 1.82) is 0 Å². The van der Waals surface area contributed by atoms with Crippen molar-refractivity contribution in [3.05, 3.63) is 65.5 Å². The number of imidazole rings is 1. The Hall–Kier alpha value is -2.17. The Balaban J connectivity index is 1.95. The third-order valence-electron chi connectivity index (χ3n) is 3.44. The molecule has 0 aliphatic carbocycles. The van der Waals surface area contributed by atoms with Crippen LogP contribution in [0, 0.1) is 6.92 Å². The molecule has 0 amide bonds. The summed E-state index contributed by atoms with van der Waals surface area (Å²) in [5, 5.41) is 8.62. The van der Waals surface area contributed by atoms with Crippen LogP contribution in [-0.4, -0.2) is 14.8 Å². The highest BCUT2D eigenvalue weighted by Crippen LogP contribution is 2.19. The maximum absolute atomic E-state index is 8.62. The summed E-state index contributed by atoms with van der Waals surface area (Å²) in [4.78, 5) is 8.73. The Labute approximate surface area is 117 Å². The Morgan fingerprint density at radius 3 is 2.65 bits per heavy atom. The van der Waals surface area contributed by atoms with Crippen LogP contribution in [-0.2, 0) is 18.0 Å². The summed E-state index contributed by atoms with van der Waals surface area (Å²) < 4.78 is 1.83. The summed E-state index contributed by atoms with van der Waals surface area (Å²) in [6.07, 6.45) is 0.888. The van der Waals surface area contributed by atoms with E-state index in [-0.39, 0.29) is 6.73 Å². The highest BCUT2D eigenvalue weighted by atomic mass is 17.1. The monoisotopic (exact) mass is 268 g/mol. The summed E-state index contributed by atoms with van der Waals surface area (Å²) in [6, 6.07) is 16.5. The molecule has 2 aromatic carbocycles. The van der Waals surface area contributed by atoms with Crippen molar-refractivity contribution in [2.75, 3.05) is 0 Å². The van der Waals surface area contributed by atoms with E-state index in [4.69, 9.17) is 5.26 Å². The lowest BCUT2D eigenvalue weighted by Crippen LogP contribution is -2.01. The molecule has 0 spiro atoms. The summed E-state index contributed by atoms with van der Waals surface area (Å²) >= 11 is 0. The van der Waals surface area contributed by atoms with Crippen molar-refractivity contribution in [2.45, 2.75) is 20.1 Å². The molecule has 0 atom stereocenters. The summed E-state index contributed by atoms with van der Waals surface area (Å²) in [7, 11) is 0. The van der Waals surface area contributed by atoms with E-state index in [1.165, 1.54) is 11.1 Å². The SMILES string of the molecule is Cc1nc2cc(Cc3ccccc3)ccc2n1COO. The quantitative estimate of drug-likeness (QED) is 0.583. The van der Waals surface area contributed by atoms with Gasteiger partial charge in [0.25, 0.3) is 0 Å². The van der Waals surface area contributed by atoms with Gasteiger partial charge in [-0.2, -0.15) is 0 Å². The minimum atomic E-state index is 0.0976. The summed E-state index contributed by atoms with van der Waals surface area (Å²) in [6.45, 7) is 2.00. The lowest BCUT2D eigenvalue weighted by atomic mass is 10.0. The average molecular weight is 268 g/mol. The van der Waals surface area contributed by atoms with Crippen molar-refractivity contribution in [3.8, 4) is 0 Å². The smallest absolute Gasteiger partial charge is 0.159 e. The van der Waals surface area contributed by atoms with Crippen molar-refractivity contribution in [1.82, 2.24) is 9.55 Å². The highest BCUT2D eigenvalue weighted by molar-refractivity contribution is 5.77. The molecule has 0 bridgehead atoms. The molecule has 0 aliphatic rings. The molecule has 0 aliphatic heterocycles. The standard InChI is InChI=1S/C16H16N2O2/c1-12-17-15-10-14(9-13-5-3-2-4-6-13)7-8-16(15)18(12)11-20-19/h2-8,10,19H,9,11H2,1H3. The van der Waals surface area contributed by atoms with Crippen LogP contribution in [0.2, 0.25) is 0 Å². The minimum absolute atomic E-state index is 0.0976. The zero-order chi connectivity index (χ0) is 13.9. The highest BCUT2D eigenvalue weighted by Gasteiger charge is 2.08. The lowest BCUT2D eigenvalue weighted by Gasteiger charge is -2.04. The van der Waals surface area contributed by atoms with Gasteiger partial charge in [-0.1, -0.05) is 36.4 Å². The number of rotatable bonds is 4. The van der Waals surface area contributed by atoms with E-state index in [1.54, 1.807) is 0 Å². The molecule has 0 fully saturated rings. The number of benzene rings is 2. The average Bonchev–Trinajstić information content (AvgIpc) is 2.76. The van der Waals surface area contributed by atoms with Crippen LogP contribution < -0.4 is 0 Å². The van der Waals surface area contributed by atoms with Gasteiger partial charge < -0.3 is 4.57 Å². The predicted octanol–water partition coefficient (Wildman–Crippen LogP) is 3.38. The van der Waals surface area contributed by atoms with Crippen LogP contribution in [0.3, 0.4) is 0 Å².